The molecule has 0 aliphatic carbocycles. The van der Waals surface area contributed by atoms with Crippen molar-refractivity contribution in [3.63, 3.8) is 0 Å². The van der Waals surface area contributed by atoms with Crippen LogP contribution in [-0.4, -0.2) is 56.2 Å². The molecule has 0 atom stereocenters. The van der Waals surface area contributed by atoms with Gasteiger partial charge in [0.1, 0.15) is 12.4 Å². The molecule has 5 nitrogen and oxygen atoms in total. The summed E-state index contributed by atoms with van der Waals surface area (Å²) in [4.78, 5) is 6.84. The molecule has 1 aromatic rings. The van der Waals surface area contributed by atoms with Crippen LogP contribution in [0.15, 0.2) is 33.7 Å². The van der Waals surface area contributed by atoms with E-state index in [1.165, 1.54) is 0 Å². The molecule has 0 aromatic heterocycles. The highest BCUT2D eigenvalue weighted by molar-refractivity contribution is 14.0. The van der Waals surface area contributed by atoms with Crippen molar-refractivity contribution < 1.29 is 4.74 Å². The van der Waals surface area contributed by atoms with Crippen LogP contribution in [0.4, 0.5) is 0 Å². The molecule has 0 spiro atoms. The quantitative estimate of drug-likeness (QED) is 0.259. The molecule has 0 radical (unpaired) electrons. The third-order valence-corrected chi connectivity index (χ3v) is 4.78. The fourth-order valence-corrected chi connectivity index (χ4v) is 3.22. The van der Waals surface area contributed by atoms with Gasteiger partial charge in [-0.25, -0.2) is 0 Å². The van der Waals surface area contributed by atoms with Gasteiger partial charge in [-0.15, -0.1) is 24.0 Å². The van der Waals surface area contributed by atoms with Crippen LogP contribution in [0, 0.1) is 0 Å². The first-order valence-electron chi connectivity index (χ1n) is 8.68. The number of ether oxygens (including phenoxy) is 1. The van der Waals surface area contributed by atoms with Gasteiger partial charge in [0.15, 0.2) is 5.96 Å². The van der Waals surface area contributed by atoms with E-state index in [0.717, 1.165) is 48.7 Å². The number of likely N-dealkylation sites (tertiary alicyclic amines) is 1. The minimum absolute atomic E-state index is 0. The summed E-state index contributed by atoms with van der Waals surface area (Å²) in [5.74, 6) is 1.73. The van der Waals surface area contributed by atoms with Gasteiger partial charge in [0, 0.05) is 36.7 Å². The molecule has 0 amide bonds. The van der Waals surface area contributed by atoms with Gasteiger partial charge in [-0.1, -0.05) is 22.0 Å². The zero-order valence-electron chi connectivity index (χ0n) is 15.3. The molecule has 1 aromatic carbocycles. The van der Waals surface area contributed by atoms with Crippen molar-refractivity contribution >= 4 is 45.9 Å². The molecular weight excluding hydrogens is 495 g/mol. The van der Waals surface area contributed by atoms with Crippen LogP contribution >= 0.6 is 39.9 Å². The van der Waals surface area contributed by atoms with Crippen LogP contribution in [0.3, 0.4) is 0 Å². The molecule has 2 rings (SSSR count). The molecule has 1 fully saturated rings. The second-order valence-corrected chi connectivity index (χ2v) is 7.27. The van der Waals surface area contributed by atoms with Crippen molar-refractivity contribution in [2.45, 2.75) is 38.8 Å². The second kappa shape index (κ2) is 12.0. The fourth-order valence-electron chi connectivity index (χ4n) is 2.84. The summed E-state index contributed by atoms with van der Waals surface area (Å²) < 4.78 is 6.76. The summed E-state index contributed by atoms with van der Waals surface area (Å²) in [6.07, 6.45) is 2.32. The molecule has 1 aliphatic heterocycles. The Balaban J connectivity index is 0.00000312. The monoisotopic (exact) mass is 524 g/mol. The van der Waals surface area contributed by atoms with E-state index in [2.05, 4.69) is 50.3 Å². The predicted molar refractivity (Wildman–Crippen MR) is 119 cm³/mol. The van der Waals surface area contributed by atoms with Crippen molar-refractivity contribution in [3.05, 3.63) is 28.7 Å². The predicted octanol–water partition coefficient (Wildman–Crippen LogP) is 3.48. The van der Waals surface area contributed by atoms with Crippen LogP contribution in [0.5, 0.6) is 5.75 Å². The molecule has 0 unspecified atom stereocenters. The molecule has 1 saturated heterocycles. The Labute approximate surface area is 177 Å². The van der Waals surface area contributed by atoms with Gasteiger partial charge in [0.25, 0.3) is 0 Å². The van der Waals surface area contributed by atoms with Gasteiger partial charge in [-0.05, 0) is 44.9 Å². The zero-order valence-corrected chi connectivity index (χ0v) is 19.2. The number of guanidine groups is 1. The fraction of sp³-hybridized carbons (Fsp3) is 0.611. The number of aliphatic imine (C=N–C) groups is 1. The lowest BCUT2D eigenvalue weighted by Crippen LogP contribution is -2.50. The highest BCUT2D eigenvalue weighted by atomic mass is 127. The smallest absolute Gasteiger partial charge is 0.191 e. The number of benzene rings is 1. The summed E-state index contributed by atoms with van der Waals surface area (Å²) in [6, 6.07) is 9.02. The van der Waals surface area contributed by atoms with Crippen LogP contribution in [-0.2, 0) is 0 Å². The lowest BCUT2D eigenvalue weighted by Gasteiger charge is -2.35. The first-order valence-corrected chi connectivity index (χ1v) is 9.47. The zero-order chi connectivity index (χ0) is 17.4. The molecule has 1 heterocycles. The first kappa shape index (κ1) is 22.5. The third kappa shape index (κ3) is 8.13. The molecule has 0 bridgehead atoms. The normalized spacial score (nSPS) is 16.4. The molecule has 7 heteroatoms. The van der Waals surface area contributed by atoms with Crippen molar-refractivity contribution in [1.29, 1.82) is 0 Å². The Morgan fingerprint density at radius 2 is 2.08 bits per heavy atom. The molecule has 2 N–H and O–H groups in total. The van der Waals surface area contributed by atoms with Crippen molar-refractivity contribution in [2.24, 2.45) is 4.99 Å². The maximum absolute atomic E-state index is 5.73. The van der Waals surface area contributed by atoms with E-state index in [0.29, 0.717) is 18.7 Å². The van der Waals surface area contributed by atoms with Gasteiger partial charge in [0.2, 0.25) is 0 Å². The third-order valence-electron chi connectivity index (χ3n) is 4.28. The van der Waals surface area contributed by atoms with Gasteiger partial charge < -0.3 is 20.3 Å². The lowest BCUT2D eigenvalue weighted by atomic mass is 10.0. The summed E-state index contributed by atoms with van der Waals surface area (Å²) in [5.41, 5.74) is 0. The van der Waals surface area contributed by atoms with E-state index < -0.39 is 0 Å². The molecule has 0 saturated carbocycles. The number of hydrogen-bond donors (Lipinski definition) is 2. The maximum Gasteiger partial charge on any atom is 0.191 e. The summed E-state index contributed by atoms with van der Waals surface area (Å²) in [7, 11) is 1.81. The number of halogens is 2. The van der Waals surface area contributed by atoms with E-state index in [9.17, 15) is 0 Å². The number of nitrogens with one attached hydrogen (secondary N) is 2. The van der Waals surface area contributed by atoms with Crippen LogP contribution in [0.1, 0.15) is 26.7 Å². The second-order valence-electron chi connectivity index (χ2n) is 6.35. The highest BCUT2D eigenvalue weighted by Gasteiger charge is 2.21. The van der Waals surface area contributed by atoms with E-state index >= 15 is 0 Å². The SMILES string of the molecule is CN=C(NCCOc1cccc(Br)c1)NC1CCN(C(C)C)CC1.I. The van der Waals surface area contributed by atoms with Crippen LogP contribution in [0.2, 0.25) is 0 Å². The van der Waals surface area contributed by atoms with E-state index in [4.69, 9.17) is 4.74 Å². The minimum Gasteiger partial charge on any atom is -0.492 e. The Morgan fingerprint density at radius 3 is 2.68 bits per heavy atom. The number of nitrogens with zero attached hydrogens (tertiary/aromatic N) is 2. The van der Waals surface area contributed by atoms with Gasteiger partial charge in [0.05, 0.1) is 6.54 Å². The Hall–Kier alpha value is -0.540. The van der Waals surface area contributed by atoms with Crippen molar-refractivity contribution in [3.8, 4) is 5.75 Å². The topological polar surface area (TPSA) is 48.9 Å². The summed E-state index contributed by atoms with van der Waals surface area (Å²) in [5, 5.41) is 6.85. The highest BCUT2D eigenvalue weighted by Crippen LogP contribution is 2.17. The Kier molecular flexibility index (Phi) is 10.8. The van der Waals surface area contributed by atoms with Crippen LogP contribution < -0.4 is 15.4 Å². The van der Waals surface area contributed by atoms with E-state index in [-0.39, 0.29) is 24.0 Å². The average molecular weight is 525 g/mol. The first-order chi connectivity index (χ1) is 11.6. The summed E-state index contributed by atoms with van der Waals surface area (Å²) >= 11 is 3.45. The van der Waals surface area contributed by atoms with E-state index in [1.54, 1.807) is 0 Å². The maximum atomic E-state index is 5.73. The molecule has 25 heavy (non-hydrogen) atoms. The Morgan fingerprint density at radius 1 is 1.36 bits per heavy atom. The number of rotatable bonds is 6. The van der Waals surface area contributed by atoms with Crippen molar-refractivity contribution in [1.82, 2.24) is 15.5 Å². The summed E-state index contributed by atoms with van der Waals surface area (Å²) in [6.45, 7) is 8.15. The van der Waals surface area contributed by atoms with Crippen molar-refractivity contribution in [2.75, 3.05) is 33.3 Å². The average Bonchev–Trinajstić information content (AvgIpc) is 2.58. The largest absolute Gasteiger partial charge is 0.492 e. The number of piperidine rings is 1. The lowest BCUT2D eigenvalue weighted by molar-refractivity contribution is 0.167. The molecule has 1 aliphatic rings. The Bertz CT molecular complexity index is 534. The standard InChI is InChI=1S/C18H29BrN4O.HI/c1-14(2)23-10-7-16(8-11-23)22-18(20-3)21-9-12-24-17-6-4-5-15(19)13-17;/h4-6,13-14,16H,7-12H2,1-3H3,(H2,20,21,22);1H. The minimum atomic E-state index is 0. The van der Waals surface area contributed by atoms with Gasteiger partial charge in [-0.3, -0.25) is 4.99 Å². The number of hydrogen-bond acceptors (Lipinski definition) is 3. The van der Waals surface area contributed by atoms with E-state index in [1.807, 2.05) is 31.3 Å². The van der Waals surface area contributed by atoms with Gasteiger partial charge in [-0.2, -0.15) is 0 Å². The van der Waals surface area contributed by atoms with Gasteiger partial charge >= 0.3 is 0 Å². The molecular formula is C18H30BrIN4O. The molecule has 142 valence electrons. The van der Waals surface area contributed by atoms with Crippen LogP contribution in [0.25, 0.3) is 0 Å².